The Hall–Kier alpha value is -1.55. The molecule has 0 amide bonds. The Morgan fingerprint density at radius 1 is 1.44 bits per heavy atom. The molecule has 5 heteroatoms. The smallest absolute Gasteiger partial charge is 0.334 e. The minimum absolute atomic E-state index is 0.409. The van der Waals surface area contributed by atoms with Gasteiger partial charge in [-0.05, 0) is 17.7 Å². The van der Waals surface area contributed by atoms with Crippen LogP contribution in [0.2, 0.25) is 5.02 Å². The van der Waals surface area contributed by atoms with E-state index in [2.05, 4.69) is 9.73 Å². The standard InChI is InChI=1S/C11H10ClNO3/c1-15-11(14)9-10(16-6-13-9)7-2-4-8(12)5-3-7/h2-6,9-10H,1H3/t9-,10-/m1/s1. The third-order valence-electron chi connectivity index (χ3n) is 2.36. The van der Waals surface area contributed by atoms with Crippen molar-refractivity contribution in [3.05, 3.63) is 34.9 Å². The summed E-state index contributed by atoms with van der Waals surface area (Å²) in [6, 6.07) is 6.46. The molecule has 4 nitrogen and oxygen atoms in total. The molecule has 0 bridgehead atoms. The number of methoxy groups -OCH3 is 1. The van der Waals surface area contributed by atoms with Crippen LogP contribution >= 0.6 is 11.6 Å². The molecule has 1 aliphatic rings. The van der Waals surface area contributed by atoms with Crippen LogP contribution in [0.1, 0.15) is 11.7 Å². The van der Waals surface area contributed by atoms with E-state index in [9.17, 15) is 4.79 Å². The summed E-state index contributed by atoms with van der Waals surface area (Å²) in [5.41, 5.74) is 0.845. The van der Waals surface area contributed by atoms with E-state index < -0.39 is 18.1 Å². The van der Waals surface area contributed by atoms with Crippen molar-refractivity contribution in [1.82, 2.24) is 0 Å². The number of hydrogen-bond donors (Lipinski definition) is 0. The number of nitrogens with zero attached hydrogens (tertiary/aromatic N) is 1. The van der Waals surface area contributed by atoms with Crippen LogP contribution in [0.3, 0.4) is 0 Å². The summed E-state index contributed by atoms with van der Waals surface area (Å²) in [4.78, 5) is 15.4. The second-order valence-electron chi connectivity index (χ2n) is 3.33. The molecule has 1 aromatic rings. The summed E-state index contributed by atoms with van der Waals surface area (Å²) < 4.78 is 9.93. The SMILES string of the molecule is COC(=O)[C@@H]1N=CO[C@@H]1c1ccc(Cl)cc1. The fourth-order valence-electron chi connectivity index (χ4n) is 1.54. The third-order valence-corrected chi connectivity index (χ3v) is 2.61. The van der Waals surface area contributed by atoms with Crippen LogP contribution in [0.5, 0.6) is 0 Å². The molecular formula is C11H10ClNO3. The van der Waals surface area contributed by atoms with Gasteiger partial charge in [-0.1, -0.05) is 23.7 Å². The average Bonchev–Trinajstić information content (AvgIpc) is 2.78. The van der Waals surface area contributed by atoms with Crippen molar-refractivity contribution in [2.24, 2.45) is 4.99 Å². The number of carbonyl (C=O) groups excluding carboxylic acids is 1. The zero-order valence-electron chi connectivity index (χ0n) is 8.59. The molecule has 84 valence electrons. The van der Waals surface area contributed by atoms with Crippen LogP contribution in [-0.4, -0.2) is 25.5 Å². The van der Waals surface area contributed by atoms with Crippen LogP contribution in [0.15, 0.2) is 29.3 Å². The Morgan fingerprint density at radius 3 is 2.75 bits per heavy atom. The number of rotatable bonds is 2. The van der Waals surface area contributed by atoms with Gasteiger partial charge >= 0.3 is 5.97 Å². The van der Waals surface area contributed by atoms with Crippen LogP contribution in [0.4, 0.5) is 0 Å². The Balaban J connectivity index is 2.21. The van der Waals surface area contributed by atoms with Crippen LogP contribution in [0.25, 0.3) is 0 Å². The van der Waals surface area contributed by atoms with Gasteiger partial charge in [-0.25, -0.2) is 9.79 Å². The van der Waals surface area contributed by atoms with E-state index in [1.54, 1.807) is 24.3 Å². The molecule has 0 aliphatic carbocycles. The zero-order valence-corrected chi connectivity index (χ0v) is 9.35. The highest BCUT2D eigenvalue weighted by atomic mass is 35.5. The number of aliphatic imine (C=N–C) groups is 1. The van der Waals surface area contributed by atoms with E-state index in [1.165, 1.54) is 13.5 Å². The van der Waals surface area contributed by atoms with Gasteiger partial charge < -0.3 is 9.47 Å². The average molecular weight is 240 g/mol. The lowest BCUT2D eigenvalue weighted by Gasteiger charge is -2.15. The molecule has 1 aromatic carbocycles. The molecule has 0 saturated carbocycles. The van der Waals surface area contributed by atoms with Crippen LogP contribution in [-0.2, 0) is 14.3 Å². The minimum atomic E-state index is -0.633. The normalized spacial score (nSPS) is 22.9. The first-order valence-electron chi connectivity index (χ1n) is 4.73. The minimum Gasteiger partial charge on any atom is -0.473 e. The monoisotopic (exact) mass is 239 g/mol. The molecule has 0 fully saturated rings. The number of ether oxygens (including phenoxy) is 2. The van der Waals surface area contributed by atoms with Crippen LogP contribution in [0, 0.1) is 0 Å². The van der Waals surface area contributed by atoms with E-state index in [4.69, 9.17) is 16.3 Å². The summed E-state index contributed by atoms with van der Waals surface area (Å²) in [5.74, 6) is -0.409. The Labute approximate surface area is 97.8 Å². The molecule has 0 aromatic heterocycles. The molecule has 0 N–H and O–H groups in total. The lowest BCUT2D eigenvalue weighted by molar-refractivity contribution is -0.143. The predicted molar refractivity (Wildman–Crippen MR) is 59.6 cm³/mol. The molecule has 0 saturated heterocycles. The van der Waals surface area contributed by atoms with E-state index in [0.717, 1.165) is 5.56 Å². The summed E-state index contributed by atoms with van der Waals surface area (Å²) in [6.07, 6.45) is 0.852. The first-order chi connectivity index (χ1) is 7.72. The van der Waals surface area contributed by atoms with Gasteiger partial charge in [0.05, 0.1) is 7.11 Å². The lowest BCUT2D eigenvalue weighted by atomic mass is 10.0. The topological polar surface area (TPSA) is 47.9 Å². The second-order valence-corrected chi connectivity index (χ2v) is 3.77. The molecule has 0 radical (unpaired) electrons. The van der Waals surface area contributed by atoms with Crippen molar-refractivity contribution in [3.8, 4) is 0 Å². The number of halogens is 1. The second kappa shape index (κ2) is 4.53. The van der Waals surface area contributed by atoms with Crippen molar-refractivity contribution >= 4 is 24.0 Å². The van der Waals surface area contributed by atoms with Crippen LogP contribution < -0.4 is 0 Å². The highest BCUT2D eigenvalue weighted by Gasteiger charge is 2.34. The lowest BCUT2D eigenvalue weighted by Crippen LogP contribution is -2.25. The fraction of sp³-hybridized carbons (Fsp3) is 0.273. The van der Waals surface area contributed by atoms with E-state index >= 15 is 0 Å². The molecule has 1 aliphatic heterocycles. The van der Waals surface area contributed by atoms with Crippen molar-refractivity contribution < 1.29 is 14.3 Å². The Morgan fingerprint density at radius 2 is 2.12 bits per heavy atom. The maximum Gasteiger partial charge on any atom is 0.334 e. The number of hydrogen-bond acceptors (Lipinski definition) is 4. The molecule has 2 atom stereocenters. The first kappa shape index (κ1) is 11.0. The highest BCUT2D eigenvalue weighted by molar-refractivity contribution is 6.30. The van der Waals surface area contributed by atoms with E-state index in [0.29, 0.717) is 5.02 Å². The summed E-state index contributed by atoms with van der Waals surface area (Å²) >= 11 is 5.78. The number of carbonyl (C=O) groups is 1. The third kappa shape index (κ3) is 2.02. The molecule has 16 heavy (non-hydrogen) atoms. The van der Waals surface area contributed by atoms with E-state index in [1.807, 2.05) is 0 Å². The van der Waals surface area contributed by atoms with Gasteiger partial charge in [0.1, 0.15) is 0 Å². The quantitative estimate of drug-likeness (QED) is 0.742. The van der Waals surface area contributed by atoms with Crippen molar-refractivity contribution in [2.45, 2.75) is 12.1 Å². The molecule has 1 heterocycles. The van der Waals surface area contributed by atoms with Gasteiger partial charge in [-0.2, -0.15) is 0 Å². The van der Waals surface area contributed by atoms with Gasteiger partial charge in [-0.3, -0.25) is 0 Å². The van der Waals surface area contributed by atoms with Gasteiger partial charge in [0, 0.05) is 5.02 Å². The maximum absolute atomic E-state index is 11.4. The Kier molecular flexibility index (Phi) is 3.10. The first-order valence-corrected chi connectivity index (χ1v) is 5.10. The number of benzene rings is 1. The fourth-order valence-corrected chi connectivity index (χ4v) is 1.66. The van der Waals surface area contributed by atoms with Crippen molar-refractivity contribution in [3.63, 3.8) is 0 Å². The van der Waals surface area contributed by atoms with Gasteiger partial charge in [0.25, 0.3) is 0 Å². The van der Waals surface area contributed by atoms with Gasteiger partial charge in [0.15, 0.2) is 18.5 Å². The molecular weight excluding hydrogens is 230 g/mol. The summed E-state index contributed by atoms with van der Waals surface area (Å²) in [7, 11) is 1.33. The largest absolute Gasteiger partial charge is 0.473 e. The summed E-state index contributed by atoms with van der Waals surface area (Å²) in [5, 5.41) is 0.636. The molecule has 0 unspecified atom stereocenters. The van der Waals surface area contributed by atoms with Crippen molar-refractivity contribution in [1.29, 1.82) is 0 Å². The maximum atomic E-state index is 11.4. The van der Waals surface area contributed by atoms with Crippen molar-refractivity contribution in [2.75, 3.05) is 7.11 Å². The Bertz CT molecular complexity index is 416. The van der Waals surface area contributed by atoms with Gasteiger partial charge in [0.2, 0.25) is 0 Å². The van der Waals surface area contributed by atoms with Gasteiger partial charge in [-0.15, -0.1) is 0 Å². The molecule has 0 spiro atoms. The molecule has 2 rings (SSSR count). The van der Waals surface area contributed by atoms with E-state index in [-0.39, 0.29) is 0 Å². The zero-order chi connectivity index (χ0) is 11.5. The predicted octanol–water partition coefficient (Wildman–Crippen LogP) is 1.98. The number of esters is 1. The highest BCUT2D eigenvalue weighted by Crippen LogP contribution is 2.28. The summed E-state index contributed by atoms with van der Waals surface area (Å²) in [6.45, 7) is 0.